The topological polar surface area (TPSA) is 46.2 Å². The number of nitrogens with two attached hydrogens (primary N) is 1. The lowest BCUT2D eigenvalue weighted by atomic mass is 10.1. The van der Waals surface area contributed by atoms with E-state index in [4.69, 9.17) is 22.4 Å². The summed E-state index contributed by atoms with van der Waals surface area (Å²) in [4.78, 5) is 0. The normalized spacial score (nSPS) is 41.4. The Balaban J connectivity index is 2.78. The highest BCUT2D eigenvalue weighted by molar-refractivity contribution is 6.22. The van der Waals surface area contributed by atoms with Gasteiger partial charge in [0.2, 0.25) is 0 Å². The van der Waals surface area contributed by atoms with Crippen LogP contribution in [-0.2, 0) is 0 Å². The first-order valence-electron chi connectivity index (χ1n) is 2.64. The maximum atomic E-state index is 9.15. The van der Waals surface area contributed by atoms with Crippen molar-refractivity contribution in [1.82, 2.24) is 0 Å². The zero-order valence-electron chi connectivity index (χ0n) is 4.79. The molecule has 1 aliphatic rings. The Hall–Kier alpha value is -0.310. The molecule has 0 amide bonds. The van der Waals surface area contributed by atoms with E-state index in [0.29, 0.717) is 0 Å². The Bertz CT molecular complexity index is 162. The van der Waals surface area contributed by atoms with Crippen LogP contribution in [0.2, 0.25) is 0 Å². The van der Waals surface area contributed by atoms with E-state index < -0.39 is 11.1 Å². The predicted molar refractivity (Wildman–Crippen MR) is 37.1 cm³/mol. The zero-order chi connectivity index (χ0) is 6.91. The van der Waals surface area contributed by atoms with Gasteiger partial charge in [-0.3, -0.25) is 5.73 Å². The third-order valence-corrected chi connectivity index (χ3v) is 1.69. The number of alkyl halides is 1. The number of hydrogen-bond donors (Lipinski definition) is 2. The Morgan fingerprint density at radius 2 is 2.22 bits per heavy atom. The van der Waals surface area contributed by atoms with E-state index >= 15 is 0 Å². The molecular formula is C6H8ClNO. The van der Waals surface area contributed by atoms with Crippen LogP contribution in [0.3, 0.4) is 0 Å². The highest BCUT2D eigenvalue weighted by atomic mass is 35.5. The van der Waals surface area contributed by atoms with Crippen molar-refractivity contribution >= 4 is 11.6 Å². The van der Waals surface area contributed by atoms with Crippen molar-refractivity contribution < 1.29 is 5.11 Å². The van der Waals surface area contributed by atoms with Gasteiger partial charge in [0, 0.05) is 0 Å². The van der Waals surface area contributed by atoms with Crippen molar-refractivity contribution in [2.45, 2.75) is 11.1 Å². The number of rotatable bonds is 0. The molecule has 3 heteroatoms. The van der Waals surface area contributed by atoms with Gasteiger partial charge in [0.05, 0.1) is 5.38 Å². The van der Waals surface area contributed by atoms with Crippen LogP contribution in [0, 0.1) is 0 Å². The molecule has 0 fully saturated rings. The fourth-order valence-electron chi connectivity index (χ4n) is 0.617. The van der Waals surface area contributed by atoms with Crippen molar-refractivity contribution in [2.24, 2.45) is 5.73 Å². The van der Waals surface area contributed by atoms with E-state index in [9.17, 15) is 0 Å². The van der Waals surface area contributed by atoms with Gasteiger partial charge in [-0.25, -0.2) is 0 Å². The third kappa shape index (κ3) is 1.33. The van der Waals surface area contributed by atoms with Gasteiger partial charge < -0.3 is 5.11 Å². The summed E-state index contributed by atoms with van der Waals surface area (Å²) in [6.07, 6.45) is 6.52. The quantitative estimate of drug-likeness (QED) is 0.382. The third-order valence-electron chi connectivity index (χ3n) is 1.20. The molecule has 0 radical (unpaired) electrons. The van der Waals surface area contributed by atoms with Crippen molar-refractivity contribution in [2.75, 3.05) is 0 Å². The summed E-state index contributed by atoms with van der Waals surface area (Å²) in [6.45, 7) is 0. The second-order valence-corrected chi connectivity index (χ2v) is 2.50. The maximum Gasteiger partial charge on any atom is 0.153 e. The molecule has 9 heavy (non-hydrogen) atoms. The second kappa shape index (κ2) is 2.14. The molecule has 0 bridgehead atoms. The van der Waals surface area contributed by atoms with Crippen molar-refractivity contribution in [3.8, 4) is 0 Å². The van der Waals surface area contributed by atoms with Gasteiger partial charge in [-0.05, 0) is 6.08 Å². The van der Waals surface area contributed by atoms with Crippen LogP contribution in [0.4, 0.5) is 0 Å². The molecule has 3 N–H and O–H groups in total. The van der Waals surface area contributed by atoms with Crippen LogP contribution >= 0.6 is 11.6 Å². The van der Waals surface area contributed by atoms with Gasteiger partial charge in [0.1, 0.15) is 0 Å². The SMILES string of the molecule is NC1(O)C=CC=CC1Cl. The molecule has 1 aliphatic carbocycles. The van der Waals surface area contributed by atoms with Gasteiger partial charge in [0.15, 0.2) is 5.72 Å². The summed E-state index contributed by atoms with van der Waals surface area (Å²) >= 11 is 5.60. The van der Waals surface area contributed by atoms with Crippen LogP contribution in [0.5, 0.6) is 0 Å². The van der Waals surface area contributed by atoms with Gasteiger partial charge in [-0.15, -0.1) is 11.6 Å². The highest BCUT2D eigenvalue weighted by Crippen LogP contribution is 2.16. The van der Waals surface area contributed by atoms with Crippen molar-refractivity contribution in [3.63, 3.8) is 0 Å². The first kappa shape index (κ1) is 6.81. The Morgan fingerprint density at radius 3 is 2.56 bits per heavy atom. The van der Waals surface area contributed by atoms with Crippen LogP contribution in [-0.4, -0.2) is 16.2 Å². The molecule has 2 atom stereocenters. The average Bonchev–Trinajstić information content (AvgIpc) is 1.77. The molecule has 2 nitrogen and oxygen atoms in total. The Labute approximate surface area is 58.6 Å². The monoisotopic (exact) mass is 145 g/mol. The molecule has 0 aliphatic heterocycles. The van der Waals surface area contributed by atoms with E-state index in [-0.39, 0.29) is 0 Å². The van der Waals surface area contributed by atoms with E-state index in [1.54, 1.807) is 18.2 Å². The van der Waals surface area contributed by atoms with Gasteiger partial charge in [0.25, 0.3) is 0 Å². The lowest BCUT2D eigenvalue weighted by Crippen LogP contribution is -2.46. The van der Waals surface area contributed by atoms with E-state index in [0.717, 1.165) is 0 Å². The van der Waals surface area contributed by atoms with Crippen LogP contribution in [0.1, 0.15) is 0 Å². The summed E-state index contributed by atoms with van der Waals surface area (Å²) in [5, 5.41) is 8.64. The molecule has 0 spiro atoms. The van der Waals surface area contributed by atoms with Crippen LogP contribution in [0.25, 0.3) is 0 Å². The van der Waals surface area contributed by atoms with E-state index in [1.165, 1.54) is 6.08 Å². The molecule has 2 unspecified atom stereocenters. The summed E-state index contributed by atoms with van der Waals surface area (Å²) in [7, 11) is 0. The standard InChI is InChI=1S/C6H8ClNO/c7-5-3-1-2-4-6(5,8)9/h1-5,9H,8H2. The average molecular weight is 146 g/mol. The molecule has 0 saturated heterocycles. The second-order valence-electron chi connectivity index (χ2n) is 2.03. The molecule has 1 rings (SSSR count). The molecule has 50 valence electrons. The number of aliphatic hydroxyl groups is 1. The van der Waals surface area contributed by atoms with Crippen LogP contribution < -0.4 is 5.73 Å². The lowest BCUT2D eigenvalue weighted by Gasteiger charge is -2.23. The molecule has 0 heterocycles. The largest absolute Gasteiger partial charge is 0.370 e. The summed E-state index contributed by atoms with van der Waals surface area (Å²) in [6, 6.07) is 0. The maximum absolute atomic E-state index is 9.15. The van der Waals surface area contributed by atoms with Gasteiger partial charge in [-0.1, -0.05) is 18.2 Å². The molecule has 0 aromatic carbocycles. The molecule has 0 aromatic heterocycles. The van der Waals surface area contributed by atoms with Gasteiger partial charge in [-0.2, -0.15) is 0 Å². The Morgan fingerprint density at radius 1 is 1.56 bits per heavy atom. The highest BCUT2D eigenvalue weighted by Gasteiger charge is 2.26. The molecule has 0 aromatic rings. The minimum Gasteiger partial charge on any atom is -0.370 e. The number of halogens is 1. The summed E-state index contributed by atoms with van der Waals surface area (Å²) in [5.74, 6) is 0. The fourth-order valence-corrected chi connectivity index (χ4v) is 0.774. The molecule has 0 saturated carbocycles. The smallest absolute Gasteiger partial charge is 0.153 e. The van der Waals surface area contributed by atoms with Crippen LogP contribution in [0.15, 0.2) is 24.3 Å². The van der Waals surface area contributed by atoms with Gasteiger partial charge >= 0.3 is 0 Å². The first-order valence-corrected chi connectivity index (χ1v) is 3.08. The number of hydrogen-bond acceptors (Lipinski definition) is 2. The van der Waals surface area contributed by atoms with Crippen molar-refractivity contribution in [3.05, 3.63) is 24.3 Å². The van der Waals surface area contributed by atoms with E-state index in [1.807, 2.05) is 0 Å². The zero-order valence-corrected chi connectivity index (χ0v) is 5.55. The summed E-state index contributed by atoms with van der Waals surface area (Å²) in [5.41, 5.74) is 3.94. The first-order chi connectivity index (χ1) is 4.13. The minimum atomic E-state index is -1.36. The van der Waals surface area contributed by atoms with E-state index in [2.05, 4.69) is 0 Å². The predicted octanol–water partition coefficient (Wildman–Crippen LogP) is 0.367. The number of allylic oxidation sites excluding steroid dienone is 2. The van der Waals surface area contributed by atoms with Crippen molar-refractivity contribution in [1.29, 1.82) is 0 Å². The molecular weight excluding hydrogens is 138 g/mol. The summed E-state index contributed by atoms with van der Waals surface area (Å²) < 4.78 is 0. The lowest BCUT2D eigenvalue weighted by molar-refractivity contribution is 0.104. The fraction of sp³-hybridized carbons (Fsp3) is 0.333. The Kier molecular flexibility index (Phi) is 1.62. The minimum absolute atomic E-state index is 0.512.